The van der Waals surface area contributed by atoms with Crippen LogP contribution in [0.25, 0.3) is 0 Å². The van der Waals surface area contributed by atoms with Gasteiger partial charge in [0.1, 0.15) is 0 Å². The van der Waals surface area contributed by atoms with E-state index in [0.717, 1.165) is 37.2 Å². The number of nitrogen functional groups attached to an aromatic ring is 1. The van der Waals surface area contributed by atoms with E-state index in [0.29, 0.717) is 5.92 Å². The smallest absolute Gasteiger partial charge is 0.236 e. The van der Waals surface area contributed by atoms with E-state index >= 15 is 0 Å². The number of nitrogens with one attached hydrogen (secondary N) is 1. The van der Waals surface area contributed by atoms with E-state index < -0.39 is 0 Å². The SMILES string of the molecule is CNC(=O)[C@H](C)N1CCC(c2cc(C)c(N)cc2C)CC1. The van der Waals surface area contributed by atoms with Gasteiger partial charge in [-0.1, -0.05) is 6.07 Å². The Bertz CT molecular complexity index is 519. The van der Waals surface area contributed by atoms with E-state index in [-0.39, 0.29) is 11.9 Å². The average molecular weight is 289 g/mol. The van der Waals surface area contributed by atoms with Gasteiger partial charge in [0.05, 0.1) is 6.04 Å². The van der Waals surface area contributed by atoms with Crippen LogP contribution >= 0.6 is 0 Å². The molecule has 1 heterocycles. The monoisotopic (exact) mass is 289 g/mol. The zero-order chi connectivity index (χ0) is 15.6. The first-order valence-electron chi connectivity index (χ1n) is 7.76. The highest BCUT2D eigenvalue weighted by atomic mass is 16.2. The van der Waals surface area contributed by atoms with Crippen LogP contribution in [0.4, 0.5) is 5.69 Å². The van der Waals surface area contributed by atoms with Crippen LogP contribution in [0.15, 0.2) is 12.1 Å². The van der Waals surface area contributed by atoms with Gasteiger partial charge < -0.3 is 11.1 Å². The van der Waals surface area contributed by atoms with Gasteiger partial charge in [-0.15, -0.1) is 0 Å². The summed E-state index contributed by atoms with van der Waals surface area (Å²) in [5.41, 5.74) is 10.7. The molecule has 1 amide bonds. The predicted molar refractivity (Wildman–Crippen MR) is 87.4 cm³/mol. The predicted octanol–water partition coefficient (Wildman–Crippen LogP) is 2.20. The van der Waals surface area contributed by atoms with Crippen molar-refractivity contribution in [3.8, 4) is 0 Å². The Balaban J connectivity index is 2.04. The van der Waals surface area contributed by atoms with Gasteiger partial charge in [-0.3, -0.25) is 9.69 Å². The van der Waals surface area contributed by atoms with Crippen LogP contribution in [0.5, 0.6) is 0 Å². The Hall–Kier alpha value is -1.55. The zero-order valence-electron chi connectivity index (χ0n) is 13.6. The van der Waals surface area contributed by atoms with Gasteiger partial charge in [0.25, 0.3) is 0 Å². The molecule has 2 rings (SSSR count). The van der Waals surface area contributed by atoms with Crippen molar-refractivity contribution in [1.29, 1.82) is 0 Å². The molecule has 21 heavy (non-hydrogen) atoms. The molecule has 1 saturated heterocycles. The molecular formula is C17H27N3O. The molecule has 1 fully saturated rings. The first-order valence-corrected chi connectivity index (χ1v) is 7.76. The van der Waals surface area contributed by atoms with Crippen LogP contribution in [-0.4, -0.2) is 37.0 Å². The van der Waals surface area contributed by atoms with Gasteiger partial charge in [-0.2, -0.15) is 0 Å². The largest absolute Gasteiger partial charge is 0.399 e. The zero-order valence-corrected chi connectivity index (χ0v) is 13.6. The van der Waals surface area contributed by atoms with Crippen molar-refractivity contribution >= 4 is 11.6 Å². The number of nitrogens with zero attached hydrogens (tertiary/aromatic N) is 1. The Morgan fingerprint density at radius 2 is 1.90 bits per heavy atom. The molecule has 1 aromatic rings. The summed E-state index contributed by atoms with van der Waals surface area (Å²) in [6.07, 6.45) is 2.21. The number of benzene rings is 1. The maximum atomic E-state index is 11.7. The van der Waals surface area contributed by atoms with Crippen LogP contribution in [0.2, 0.25) is 0 Å². The molecule has 0 saturated carbocycles. The van der Waals surface area contributed by atoms with Gasteiger partial charge in [0, 0.05) is 12.7 Å². The van der Waals surface area contributed by atoms with Gasteiger partial charge >= 0.3 is 0 Å². The third-order valence-electron chi connectivity index (χ3n) is 4.80. The number of hydrogen-bond donors (Lipinski definition) is 2. The van der Waals surface area contributed by atoms with E-state index in [9.17, 15) is 4.79 Å². The number of carbonyl (C=O) groups excluding carboxylic acids is 1. The van der Waals surface area contributed by atoms with Crippen LogP contribution in [0.1, 0.15) is 42.4 Å². The van der Waals surface area contributed by atoms with Crippen molar-refractivity contribution in [2.75, 3.05) is 25.9 Å². The van der Waals surface area contributed by atoms with E-state index in [2.05, 4.69) is 36.2 Å². The quantitative estimate of drug-likeness (QED) is 0.839. The molecule has 0 radical (unpaired) electrons. The standard InChI is InChI=1S/C17H27N3O/c1-11-10-16(18)12(2)9-15(11)14-5-7-20(8-6-14)13(3)17(21)19-4/h9-10,13-14H,5-8,18H2,1-4H3,(H,19,21)/t13-/m0/s1. The number of likely N-dealkylation sites (N-methyl/N-ethyl adjacent to an activating group) is 1. The third-order valence-corrected chi connectivity index (χ3v) is 4.80. The van der Waals surface area contributed by atoms with E-state index in [1.165, 1.54) is 11.1 Å². The Morgan fingerprint density at radius 3 is 2.48 bits per heavy atom. The van der Waals surface area contributed by atoms with Crippen molar-refractivity contribution in [2.24, 2.45) is 0 Å². The van der Waals surface area contributed by atoms with Crippen molar-refractivity contribution in [1.82, 2.24) is 10.2 Å². The lowest BCUT2D eigenvalue weighted by molar-refractivity contribution is -0.125. The number of amides is 1. The molecule has 0 bridgehead atoms. The van der Waals surface area contributed by atoms with Crippen molar-refractivity contribution in [2.45, 2.75) is 45.6 Å². The molecule has 3 N–H and O–H groups in total. The number of likely N-dealkylation sites (tertiary alicyclic amines) is 1. The first kappa shape index (κ1) is 15.8. The molecule has 0 spiro atoms. The summed E-state index contributed by atoms with van der Waals surface area (Å²) >= 11 is 0. The van der Waals surface area contributed by atoms with Crippen molar-refractivity contribution in [3.05, 3.63) is 28.8 Å². The van der Waals surface area contributed by atoms with E-state index in [1.807, 2.05) is 6.92 Å². The minimum Gasteiger partial charge on any atom is -0.399 e. The normalized spacial score (nSPS) is 18.5. The highest BCUT2D eigenvalue weighted by Gasteiger charge is 2.27. The summed E-state index contributed by atoms with van der Waals surface area (Å²) in [6.45, 7) is 8.15. The lowest BCUT2D eigenvalue weighted by Crippen LogP contribution is -2.47. The fourth-order valence-electron chi connectivity index (χ4n) is 3.27. The van der Waals surface area contributed by atoms with Gasteiger partial charge in [-0.05, 0) is 75.4 Å². The summed E-state index contributed by atoms with van der Waals surface area (Å²) in [4.78, 5) is 14.0. The summed E-state index contributed by atoms with van der Waals surface area (Å²) < 4.78 is 0. The van der Waals surface area contributed by atoms with Crippen molar-refractivity contribution < 1.29 is 4.79 Å². The van der Waals surface area contributed by atoms with E-state index in [1.54, 1.807) is 7.05 Å². The van der Waals surface area contributed by atoms with Crippen LogP contribution in [0.3, 0.4) is 0 Å². The molecule has 1 aliphatic rings. The molecule has 4 nitrogen and oxygen atoms in total. The van der Waals surface area contributed by atoms with Crippen molar-refractivity contribution in [3.63, 3.8) is 0 Å². The van der Waals surface area contributed by atoms with Crippen LogP contribution < -0.4 is 11.1 Å². The Labute approximate surface area is 127 Å². The number of piperidine rings is 1. The highest BCUT2D eigenvalue weighted by molar-refractivity contribution is 5.80. The molecular weight excluding hydrogens is 262 g/mol. The molecule has 0 aliphatic carbocycles. The summed E-state index contributed by atoms with van der Waals surface area (Å²) in [6, 6.07) is 4.29. The topological polar surface area (TPSA) is 58.4 Å². The minimum atomic E-state index is -0.0369. The average Bonchev–Trinajstić information content (AvgIpc) is 2.49. The molecule has 0 aromatic heterocycles. The highest BCUT2D eigenvalue weighted by Crippen LogP contribution is 2.32. The third kappa shape index (κ3) is 3.38. The first-order chi connectivity index (χ1) is 9.93. The molecule has 1 aliphatic heterocycles. The van der Waals surface area contributed by atoms with E-state index in [4.69, 9.17) is 5.73 Å². The summed E-state index contributed by atoms with van der Waals surface area (Å²) in [7, 11) is 1.70. The fourth-order valence-corrected chi connectivity index (χ4v) is 3.27. The second kappa shape index (κ2) is 6.48. The van der Waals surface area contributed by atoms with Crippen LogP contribution in [0, 0.1) is 13.8 Å². The summed E-state index contributed by atoms with van der Waals surface area (Å²) in [5.74, 6) is 0.686. The number of aryl methyl sites for hydroxylation is 2. The molecule has 1 aromatic carbocycles. The fraction of sp³-hybridized carbons (Fsp3) is 0.588. The van der Waals surface area contributed by atoms with Gasteiger partial charge in [-0.25, -0.2) is 0 Å². The van der Waals surface area contributed by atoms with Gasteiger partial charge in [0.15, 0.2) is 0 Å². The van der Waals surface area contributed by atoms with Crippen LogP contribution in [-0.2, 0) is 4.79 Å². The molecule has 0 unspecified atom stereocenters. The maximum absolute atomic E-state index is 11.7. The number of rotatable bonds is 3. The Kier molecular flexibility index (Phi) is 4.88. The Morgan fingerprint density at radius 1 is 1.29 bits per heavy atom. The molecule has 4 heteroatoms. The maximum Gasteiger partial charge on any atom is 0.236 e. The number of anilines is 1. The molecule has 116 valence electrons. The minimum absolute atomic E-state index is 0.0369. The summed E-state index contributed by atoms with van der Waals surface area (Å²) in [5, 5.41) is 2.73. The molecule has 1 atom stereocenters. The number of hydrogen-bond acceptors (Lipinski definition) is 3. The van der Waals surface area contributed by atoms with Gasteiger partial charge in [0.2, 0.25) is 5.91 Å². The second-order valence-electron chi connectivity index (χ2n) is 6.17. The number of carbonyl (C=O) groups is 1. The lowest BCUT2D eigenvalue weighted by atomic mass is 9.85. The number of nitrogens with two attached hydrogens (primary N) is 1. The second-order valence-corrected chi connectivity index (χ2v) is 6.17. The lowest BCUT2D eigenvalue weighted by Gasteiger charge is -2.36.